The van der Waals surface area contributed by atoms with Crippen LogP contribution in [0.5, 0.6) is 0 Å². The summed E-state index contributed by atoms with van der Waals surface area (Å²) in [6.45, 7) is 0. The van der Waals surface area contributed by atoms with Crippen molar-refractivity contribution in [3.8, 4) is 0 Å². The van der Waals surface area contributed by atoms with Crippen molar-refractivity contribution >= 4 is 707 Å². The van der Waals surface area contributed by atoms with Crippen molar-refractivity contribution in [2.45, 2.75) is 0 Å². The molecule has 0 spiro atoms. The van der Waals surface area contributed by atoms with E-state index >= 15 is 0 Å². The molecule has 0 bridgehead atoms. The van der Waals surface area contributed by atoms with Gasteiger partial charge in [0.25, 0.3) is 0 Å². The molecule has 0 saturated carbocycles. The van der Waals surface area contributed by atoms with Crippen LogP contribution < -0.4 is 0 Å². The van der Waals surface area contributed by atoms with Crippen LogP contribution in [0.2, 0.25) is 0 Å². The fraction of sp³-hybridized carbons (Fsp3) is 0. The first-order chi connectivity index (χ1) is 45.4. The molecular weight excluding hydrogens is 1080 g/mol. The van der Waals surface area contributed by atoms with Gasteiger partial charge in [0, 0.05) is 313 Å². The second-order valence-corrected chi connectivity index (χ2v) is 45.2. The fourth-order valence-corrected chi connectivity index (χ4v) is 29.0. The third kappa shape index (κ3) is 28.4. The molecule has 100 heavy (non-hydrogen) atoms. The van der Waals surface area contributed by atoms with E-state index < -0.39 is 0 Å². The largest absolute Gasteiger partial charge is 0.0552 e. The van der Waals surface area contributed by atoms with Crippen LogP contribution in [0.4, 0.5) is 0 Å². The molecule has 0 radical (unpaired) electrons. The highest BCUT2D eigenvalue weighted by Crippen LogP contribution is 2.30. The van der Waals surface area contributed by atoms with Crippen LogP contribution in [0.1, 0.15) is 0 Å². The van der Waals surface area contributed by atoms with E-state index in [4.69, 9.17) is 0 Å². The molecule has 0 aromatic rings. The van der Waals surface area contributed by atoms with E-state index in [0.29, 0.717) is 313 Å². The zero-order valence-corrected chi connectivity index (χ0v) is 79.3. The van der Waals surface area contributed by atoms with Gasteiger partial charge in [-0.05, 0) is 0 Å². The molecule has 0 heterocycles. The minimum Gasteiger partial charge on any atom is 0.000000157 e. The summed E-state index contributed by atoms with van der Waals surface area (Å²) in [5.74, 6) is 0. The van der Waals surface area contributed by atoms with E-state index in [0.717, 1.165) is 0 Å². The quantitative estimate of drug-likeness (QED) is 0.0533. The molecule has 0 aliphatic rings. The molecule has 0 aromatic carbocycles. The lowest BCUT2D eigenvalue weighted by atomic mass is 8.18. The Morgan fingerprint density at radius 1 is 0.0600 bits per heavy atom. The van der Waals surface area contributed by atoms with Gasteiger partial charge in [-0.15, -0.1) is 0 Å². The zero-order chi connectivity index (χ0) is 79.3. The fourth-order valence-electron chi connectivity index (χ4n) is 29.0. The maximum absolute atomic E-state index is 2.89. The zero-order valence-electron chi connectivity index (χ0n) is 79.3. The SMILES string of the molecule is BB(B)B(B)B(B(B(B)B)B(B)B)B(B(B(B)B)B(B)B)B(B(B(B(B)B)B(B)B)B(B(B)B)B(B)B)B(B(B(B(B(B)B)B(B)B)B(B(B)B)B(B)B)B(B(B(B)B)B(B)B)B(B(B)B)B(B)B)B(B(B(B(B)B)B(B)B)B(B(B)B)B(B)B)B(B(B(B)B)B(B)B)B(B(B)B)B(B)B. The standard InChI is InChI=1S/B100H102/c1-52(2)77(51)90(78(53(3)4)54(5)6)96(89(75(47)48)76(49)50)99(95(87(71(39)40)72(41)42)88(73(43)44)74(45)46)100(97(91(79(55(7)8)56(9)10)80(57(11)12)58(13)14)92(81(59(15)16)60(17)18)82(61(19)20)62(21)22)98(93(83(63(23)24)64(25)26)84(65(27)28)66(29)30)94(85(67(31)32)68(33)34)86(69(35)36)70(37)38/h1-51H2. The molecule has 0 N–H and O–H groups in total. The van der Waals surface area contributed by atoms with E-state index in [9.17, 15) is 0 Å². The molecule has 100 heteroatoms. The van der Waals surface area contributed by atoms with Crippen LogP contribution in [-0.2, 0) is 0 Å². The second-order valence-electron chi connectivity index (χ2n) is 45.2. The first kappa shape index (κ1) is 106. The lowest BCUT2D eigenvalue weighted by molar-refractivity contribution is 3.12. The molecule has 0 aliphatic heterocycles. The highest BCUT2D eigenvalue weighted by Gasteiger charge is 2.69. The van der Waals surface area contributed by atoms with E-state index in [2.05, 4.69) is 395 Å². The Kier molecular flexibility index (Phi) is 52.1. The second kappa shape index (κ2) is 48.9. The van der Waals surface area contributed by atoms with Gasteiger partial charge in [-0.3, -0.25) is 0 Å². The highest BCUT2D eigenvalue weighted by molar-refractivity contribution is 8.44. The summed E-state index contributed by atoms with van der Waals surface area (Å²) in [6.07, 6.45) is 25.7. The third-order valence-electron chi connectivity index (χ3n) is 29.9. The van der Waals surface area contributed by atoms with E-state index in [1.807, 2.05) is 0 Å². The highest BCUT2D eigenvalue weighted by atomic mass is 13.5. The van der Waals surface area contributed by atoms with Crippen molar-refractivity contribution < 1.29 is 0 Å². The summed E-state index contributed by atoms with van der Waals surface area (Å²) < 4.78 is 0. The molecule has 0 aromatic heterocycles. The summed E-state index contributed by atoms with van der Waals surface area (Å²) in [7, 11) is 142. The first-order valence-corrected chi connectivity index (χ1v) is 45.4. The van der Waals surface area contributed by atoms with Crippen molar-refractivity contribution in [1.82, 2.24) is 0 Å². The summed E-state index contributed by atoms with van der Waals surface area (Å²) in [5, 5.41) is 0. The van der Waals surface area contributed by atoms with Gasteiger partial charge in [0.1, 0.15) is 0 Å². The van der Waals surface area contributed by atoms with Gasteiger partial charge in [-0.2, -0.15) is 0 Å². The van der Waals surface area contributed by atoms with Crippen molar-refractivity contribution in [3.63, 3.8) is 0 Å². The number of rotatable bonds is 48. The summed E-state index contributed by atoms with van der Waals surface area (Å²) in [4.78, 5) is 0. The normalized spacial score (nSPS) is 9.84. The van der Waals surface area contributed by atoms with Crippen LogP contribution in [0.15, 0.2) is 0 Å². The van der Waals surface area contributed by atoms with Gasteiger partial charge in [0.05, 0.1) is 395 Å². The maximum Gasteiger partial charge on any atom is 0.0552 e. The monoisotopic (exact) mass is 1200 g/mol. The van der Waals surface area contributed by atoms with Crippen LogP contribution in [0, 0.1) is 0 Å². The minimum atomic E-state index is 0.418. The molecule has 0 rings (SSSR count). The van der Waals surface area contributed by atoms with Crippen LogP contribution in [0.25, 0.3) is 0 Å². The maximum atomic E-state index is 2.89. The molecule has 0 unspecified atom stereocenters. The van der Waals surface area contributed by atoms with Crippen molar-refractivity contribution in [2.24, 2.45) is 0 Å². The molecular formula is H102B100. The van der Waals surface area contributed by atoms with Crippen LogP contribution >= 0.6 is 0 Å². The summed E-state index contributed by atoms with van der Waals surface area (Å²) >= 11 is 0. The number of hydrogen-bond acceptors (Lipinski definition) is 0. The minimum absolute atomic E-state index is 0.418. The summed E-state index contributed by atoms with van der Waals surface area (Å²) in [5.41, 5.74) is 0. The van der Waals surface area contributed by atoms with Gasteiger partial charge < -0.3 is 0 Å². The van der Waals surface area contributed by atoms with Crippen molar-refractivity contribution in [2.75, 3.05) is 0 Å². The van der Waals surface area contributed by atoms with E-state index in [-0.39, 0.29) is 0 Å². The van der Waals surface area contributed by atoms with Gasteiger partial charge in [0.15, 0.2) is 0 Å². The molecule has 0 fully saturated rings. The Bertz CT molecular complexity index is 1690. The number of hydrogen-bond donors (Lipinski definition) is 0. The predicted molar refractivity (Wildman–Crippen MR) is 718 cm³/mol. The average Bonchev–Trinajstić information content (AvgIpc) is 3.39. The Balaban J connectivity index is 14.7. The summed E-state index contributed by atoms with van der Waals surface area (Å²) in [6, 6.07) is 0. The lowest BCUT2D eigenvalue weighted by Crippen LogP contribution is -3.01. The molecule has 0 saturated heterocycles. The molecule has 0 nitrogen and oxygen atoms in total. The molecule has 0 aliphatic carbocycles. The Morgan fingerprint density at radius 2 is 0.120 bits per heavy atom. The Hall–Kier alpha value is 6.49. The lowest BCUT2D eigenvalue weighted by Gasteiger charge is -2.63. The topological polar surface area (TPSA) is 0 Å². The van der Waals surface area contributed by atoms with Gasteiger partial charge >= 0.3 is 0 Å². The van der Waals surface area contributed by atoms with Gasteiger partial charge in [-0.1, -0.05) is 0 Å². The van der Waals surface area contributed by atoms with E-state index in [1.54, 1.807) is 0 Å². The Labute approximate surface area is 700 Å². The van der Waals surface area contributed by atoms with Crippen LogP contribution in [-0.4, -0.2) is 707 Å². The molecule has 0 atom stereocenters. The average molecular weight is 1180 g/mol. The predicted octanol–water partition coefficient (Wildman–Crippen LogP) is -65.4. The smallest absolute Gasteiger partial charge is 0.000000157 e. The van der Waals surface area contributed by atoms with Crippen molar-refractivity contribution in [3.05, 3.63) is 0 Å². The molecule has 0 amide bonds. The third-order valence-corrected chi connectivity index (χ3v) is 29.9. The van der Waals surface area contributed by atoms with Gasteiger partial charge in [0.2, 0.25) is 0 Å². The Morgan fingerprint density at radius 3 is 0.190 bits per heavy atom. The van der Waals surface area contributed by atoms with E-state index in [1.165, 1.54) is 0 Å². The molecule has 402 valence electrons. The van der Waals surface area contributed by atoms with Gasteiger partial charge in [-0.25, -0.2) is 0 Å². The van der Waals surface area contributed by atoms with Crippen LogP contribution in [0.3, 0.4) is 0 Å². The first-order valence-electron chi connectivity index (χ1n) is 45.4. The van der Waals surface area contributed by atoms with Crippen molar-refractivity contribution in [1.29, 1.82) is 0 Å².